The van der Waals surface area contributed by atoms with E-state index in [9.17, 15) is 14.4 Å². The van der Waals surface area contributed by atoms with E-state index in [2.05, 4.69) is 0 Å². The average Bonchev–Trinajstić information content (AvgIpc) is 2.95. The highest BCUT2D eigenvalue weighted by atomic mass is 16.5. The SMILES string of the molecule is CCOC(=O)[C@]1(c2ccccc2)CC[C@@H](C(=O)CCCCC(=O)c2ccccc2OC)c2ccccc21. The number of para-hydroxylation sites is 1. The molecule has 5 nitrogen and oxygen atoms in total. The number of rotatable bonds is 11. The summed E-state index contributed by atoms with van der Waals surface area (Å²) >= 11 is 0. The minimum atomic E-state index is -0.925. The number of esters is 1. The van der Waals surface area contributed by atoms with E-state index >= 15 is 0 Å². The molecule has 3 aromatic carbocycles. The molecule has 0 heterocycles. The van der Waals surface area contributed by atoms with Crippen LogP contribution in [0.4, 0.5) is 0 Å². The molecule has 0 N–H and O–H groups in total. The lowest BCUT2D eigenvalue weighted by molar-refractivity contribution is -0.149. The maximum atomic E-state index is 13.4. The van der Waals surface area contributed by atoms with Crippen LogP contribution in [-0.2, 0) is 19.7 Å². The molecule has 0 radical (unpaired) electrons. The summed E-state index contributed by atoms with van der Waals surface area (Å²) in [4.78, 5) is 39.5. The average molecular weight is 499 g/mol. The number of unbranched alkanes of at least 4 members (excludes halogenated alkanes) is 1. The van der Waals surface area contributed by atoms with Gasteiger partial charge < -0.3 is 9.47 Å². The van der Waals surface area contributed by atoms with Crippen molar-refractivity contribution in [2.24, 2.45) is 0 Å². The van der Waals surface area contributed by atoms with Gasteiger partial charge in [-0.1, -0.05) is 66.7 Å². The van der Waals surface area contributed by atoms with Crippen LogP contribution in [0.1, 0.15) is 78.4 Å². The van der Waals surface area contributed by atoms with Gasteiger partial charge in [0.25, 0.3) is 0 Å². The monoisotopic (exact) mass is 498 g/mol. The molecule has 0 saturated heterocycles. The minimum absolute atomic E-state index is 0.0231. The Morgan fingerprint density at radius 1 is 0.865 bits per heavy atom. The Morgan fingerprint density at radius 2 is 1.54 bits per heavy atom. The van der Waals surface area contributed by atoms with Crippen molar-refractivity contribution in [1.29, 1.82) is 0 Å². The Labute approximate surface area is 218 Å². The van der Waals surface area contributed by atoms with E-state index in [0.29, 0.717) is 56.4 Å². The minimum Gasteiger partial charge on any atom is -0.496 e. The molecule has 0 aromatic heterocycles. The molecule has 0 saturated carbocycles. The predicted octanol–water partition coefficient (Wildman–Crippen LogP) is 6.43. The molecular weight excluding hydrogens is 464 g/mol. The summed E-state index contributed by atoms with van der Waals surface area (Å²) in [6, 6.07) is 24.7. The molecule has 0 aliphatic heterocycles. The van der Waals surface area contributed by atoms with Crippen LogP contribution in [0.15, 0.2) is 78.9 Å². The smallest absolute Gasteiger partial charge is 0.321 e. The number of Topliss-reactive ketones (excluding diaryl/α,β-unsaturated/α-hetero) is 2. The van der Waals surface area contributed by atoms with Crippen LogP contribution >= 0.6 is 0 Å². The molecular formula is C32H34O5. The van der Waals surface area contributed by atoms with Gasteiger partial charge in [0.2, 0.25) is 0 Å². The summed E-state index contributed by atoms with van der Waals surface area (Å²) in [5.41, 5.74) is 2.30. The van der Waals surface area contributed by atoms with Crippen LogP contribution < -0.4 is 4.74 Å². The van der Waals surface area contributed by atoms with Gasteiger partial charge in [-0.3, -0.25) is 14.4 Å². The third-order valence-corrected chi connectivity index (χ3v) is 7.37. The van der Waals surface area contributed by atoms with Gasteiger partial charge in [-0.25, -0.2) is 0 Å². The number of ketones is 2. The van der Waals surface area contributed by atoms with Crippen LogP contribution in [0.5, 0.6) is 5.75 Å². The zero-order valence-electron chi connectivity index (χ0n) is 21.6. The summed E-state index contributed by atoms with van der Waals surface area (Å²) in [6.45, 7) is 2.11. The lowest BCUT2D eigenvalue weighted by Gasteiger charge is -2.40. The van der Waals surface area contributed by atoms with E-state index in [-0.39, 0.29) is 23.5 Å². The predicted molar refractivity (Wildman–Crippen MR) is 143 cm³/mol. The number of ether oxygens (including phenoxy) is 2. The Kier molecular flexibility index (Phi) is 8.54. The number of fused-ring (bicyclic) bond motifs is 1. The van der Waals surface area contributed by atoms with E-state index in [1.165, 1.54) is 0 Å². The Balaban J connectivity index is 1.49. The Morgan fingerprint density at radius 3 is 2.30 bits per heavy atom. The van der Waals surface area contributed by atoms with Crippen molar-refractivity contribution >= 4 is 17.5 Å². The second-order valence-corrected chi connectivity index (χ2v) is 9.47. The first kappa shape index (κ1) is 26.3. The molecule has 0 unspecified atom stereocenters. The first-order valence-electron chi connectivity index (χ1n) is 13.0. The zero-order valence-corrected chi connectivity index (χ0v) is 21.6. The molecule has 1 aliphatic carbocycles. The van der Waals surface area contributed by atoms with Gasteiger partial charge in [0.05, 0.1) is 19.3 Å². The molecule has 1 aliphatic rings. The van der Waals surface area contributed by atoms with Gasteiger partial charge in [0, 0.05) is 18.8 Å². The number of hydrogen-bond donors (Lipinski definition) is 0. The maximum Gasteiger partial charge on any atom is 0.321 e. The fraction of sp³-hybridized carbons (Fsp3) is 0.344. The zero-order chi connectivity index (χ0) is 26.3. The van der Waals surface area contributed by atoms with Gasteiger partial charge >= 0.3 is 5.97 Å². The van der Waals surface area contributed by atoms with E-state index in [1.54, 1.807) is 19.2 Å². The first-order chi connectivity index (χ1) is 18.0. The van der Waals surface area contributed by atoms with Crippen molar-refractivity contribution in [2.75, 3.05) is 13.7 Å². The third kappa shape index (κ3) is 5.36. The van der Waals surface area contributed by atoms with Crippen molar-refractivity contribution in [1.82, 2.24) is 0 Å². The highest BCUT2D eigenvalue weighted by molar-refractivity contribution is 5.98. The second-order valence-electron chi connectivity index (χ2n) is 9.47. The maximum absolute atomic E-state index is 13.4. The topological polar surface area (TPSA) is 69.7 Å². The van der Waals surface area contributed by atoms with E-state index in [1.807, 2.05) is 73.7 Å². The number of carbonyl (C=O) groups is 3. The largest absolute Gasteiger partial charge is 0.496 e. The molecule has 0 spiro atoms. The van der Waals surface area contributed by atoms with Crippen LogP contribution in [0, 0.1) is 0 Å². The van der Waals surface area contributed by atoms with Crippen LogP contribution in [0.3, 0.4) is 0 Å². The molecule has 4 rings (SSSR count). The van der Waals surface area contributed by atoms with Crippen LogP contribution in [0.25, 0.3) is 0 Å². The van der Waals surface area contributed by atoms with E-state index in [4.69, 9.17) is 9.47 Å². The molecule has 5 heteroatoms. The summed E-state index contributed by atoms with van der Waals surface area (Å²) in [6.07, 6.45) is 3.12. The summed E-state index contributed by atoms with van der Waals surface area (Å²) in [7, 11) is 1.56. The van der Waals surface area contributed by atoms with Gasteiger partial charge in [-0.15, -0.1) is 0 Å². The molecule has 37 heavy (non-hydrogen) atoms. The van der Waals surface area contributed by atoms with Crippen molar-refractivity contribution < 1.29 is 23.9 Å². The standard InChI is InChI=1S/C32H34O5/c1-3-37-31(35)32(23-13-5-4-6-14-23)22-21-25(24-15-7-9-17-27(24)32)28(33)18-10-11-19-29(34)26-16-8-12-20-30(26)36-2/h4-9,12-17,20,25H,3,10-11,18-19,21-22H2,1-2H3/t25-,32+/m1/s1. The number of carbonyl (C=O) groups excluding carboxylic acids is 3. The Bertz CT molecular complexity index is 1250. The van der Waals surface area contributed by atoms with Crippen molar-refractivity contribution in [3.8, 4) is 5.75 Å². The lowest BCUT2D eigenvalue weighted by atomic mass is 9.62. The third-order valence-electron chi connectivity index (χ3n) is 7.37. The molecule has 0 bridgehead atoms. The van der Waals surface area contributed by atoms with Gasteiger partial charge in [0.15, 0.2) is 5.78 Å². The number of benzene rings is 3. The molecule has 2 atom stereocenters. The summed E-state index contributed by atoms with van der Waals surface area (Å²) in [5, 5.41) is 0. The van der Waals surface area contributed by atoms with E-state index in [0.717, 1.165) is 16.7 Å². The van der Waals surface area contributed by atoms with Gasteiger partial charge in [-0.2, -0.15) is 0 Å². The van der Waals surface area contributed by atoms with Crippen LogP contribution in [0.2, 0.25) is 0 Å². The fourth-order valence-corrected chi connectivity index (χ4v) is 5.55. The highest BCUT2D eigenvalue weighted by Gasteiger charge is 2.49. The fourth-order valence-electron chi connectivity index (χ4n) is 5.55. The van der Waals surface area contributed by atoms with Crippen molar-refractivity contribution in [3.63, 3.8) is 0 Å². The lowest BCUT2D eigenvalue weighted by Crippen LogP contribution is -2.43. The Hall–Kier alpha value is -3.73. The van der Waals surface area contributed by atoms with E-state index < -0.39 is 5.41 Å². The molecule has 0 amide bonds. The van der Waals surface area contributed by atoms with Crippen LogP contribution in [-0.4, -0.2) is 31.3 Å². The molecule has 0 fully saturated rings. The number of methoxy groups -OCH3 is 1. The molecule has 3 aromatic rings. The summed E-state index contributed by atoms with van der Waals surface area (Å²) < 4.78 is 10.9. The summed E-state index contributed by atoms with van der Waals surface area (Å²) in [5.74, 6) is 0.213. The van der Waals surface area contributed by atoms with Gasteiger partial charge in [0.1, 0.15) is 16.9 Å². The first-order valence-corrected chi connectivity index (χ1v) is 13.0. The van der Waals surface area contributed by atoms with Crippen molar-refractivity contribution in [3.05, 3.63) is 101 Å². The highest BCUT2D eigenvalue weighted by Crippen LogP contribution is 2.48. The van der Waals surface area contributed by atoms with Gasteiger partial charge in [-0.05, 0) is 61.4 Å². The van der Waals surface area contributed by atoms with Crippen molar-refractivity contribution in [2.45, 2.75) is 56.8 Å². The number of hydrogen-bond acceptors (Lipinski definition) is 5. The quantitative estimate of drug-likeness (QED) is 0.173. The second kappa shape index (κ2) is 12.0. The molecule has 192 valence electrons. The normalized spacial score (nSPS) is 18.5.